The summed E-state index contributed by atoms with van der Waals surface area (Å²) in [4.78, 5) is 14.3. The Morgan fingerprint density at radius 3 is 2.37 bits per heavy atom. The van der Waals surface area contributed by atoms with Gasteiger partial charge < -0.3 is 9.64 Å². The van der Waals surface area contributed by atoms with Gasteiger partial charge in [0.05, 0.1) is 17.2 Å². The lowest BCUT2D eigenvalue weighted by molar-refractivity contribution is -0.126. The fourth-order valence-corrected chi connectivity index (χ4v) is 4.08. The molecule has 6 nitrogen and oxygen atoms in total. The molecule has 0 aliphatic carbocycles. The first kappa shape index (κ1) is 24.2. The van der Waals surface area contributed by atoms with Gasteiger partial charge in [-0.05, 0) is 48.4 Å². The number of benzene rings is 2. The molecule has 0 fully saturated rings. The van der Waals surface area contributed by atoms with Crippen molar-refractivity contribution in [3.05, 3.63) is 63.6 Å². The molecule has 2 aromatic carbocycles. The summed E-state index contributed by atoms with van der Waals surface area (Å²) in [5, 5.41) is 0.888. The molecule has 0 unspecified atom stereocenters. The minimum Gasteiger partial charge on any atom is -0.495 e. The fourth-order valence-electron chi connectivity index (χ4n) is 2.67. The van der Waals surface area contributed by atoms with Crippen LogP contribution in [-0.4, -0.2) is 51.3 Å². The molecule has 30 heavy (non-hydrogen) atoms. The van der Waals surface area contributed by atoms with Gasteiger partial charge in [0.2, 0.25) is 15.9 Å². The highest BCUT2D eigenvalue weighted by molar-refractivity contribution is 7.89. The molecule has 0 spiro atoms. The molecule has 0 N–H and O–H groups in total. The first-order chi connectivity index (χ1) is 14.1. The van der Waals surface area contributed by atoms with Gasteiger partial charge in [0.15, 0.2) is 0 Å². The third-order valence-electron chi connectivity index (χ3n) is 4.42. The van der Waals surface area contributed by atoms with E-state index in [-0.39, 0.29) is 16.6 Å². The maximum Gasteiger partial charge on any atom is 0.246 e. The molecule has 0 aromatic heterocycles. The van der Waals surface area contributed by atoms with Gasteiger partial charge in [0.1, 0.15) is 10.6 Å². The first-order valence-corrected chi connectivity index (χ1v) is 11.3. The molecule has 2 aromatic rings. The summed E-state index contributed by atoms with van der Waals surface area (Å²) < 4.78 is 31.4. The highest BCUT2D eigenvalue weighted by atomic mass is 35.5. The molecule has 0 bridgehead atoms. The minimum absolute atomic E-state index is 0.0350. The van der Waals surface area contributed by atoms with Crippen LogP contribution in [-0.2, 0) is 21.4 Å². The Hall–Kier alpha value is -2.06. The number of likely N-dealkylation sites (N-methyl/N-ethyl adjacent to an activating group) is 1. The smallest absolute Gasteiger partial charge is 0.246 e. The Morgan fingerprint density at radius 1 is 1.10 bits per heavy atom. The monoisotopic (exact) mass is 470 g/mol. The summed E-state index contributed by atoms with van der Waals surface area (Å²) in [6.07, 6.45) is 2.99. The predicted octanol–water partition coefficient (Wildman–Crippen LogP) is 4.31. The third-order valence-corrected chi connectivity index (χ3v) is 6.99. The van der Waals surface area contributed by atoms with Crippen molar-refractivity contribution < 1.29 is 17.9 Å². The zero-order valence-electron chi connectivity index (χ0n) is 17.2. The molecule has 1 amide bonds. The largest absolute Gasteiger partial charge is 0.495 e. The van der Waals surface area contributed by atoms with Gasteiger partial charge in [0, 0.05) is 33.3 Å². The van der Waals surface area contributed by atoms with Crippen molar-refractivity contribution in [2.75, 3.05) is 27.7 Å². The van der Waals surface area contributed by atoms with Crippen molar-refractivity contribution >= 4 is 45.2 Å². The summed E-state index contributed by atoms with van der Waals surface area (Å²) in [5.74, 6) is 0.0263. The van der Waals surface area contributed by atoms with Crippen LogP contribution in [0.2, 0.25) is 10.0 Å². The maximum absolute atomic E-state index is 12.6. The van der Waals surface area contributed by atoms with Gasteiger partial charge in [-0.3, -0.25) is 4.79 Å². The van der Waals surface area contributed by atoms with Crippen molar-refractivity contribution in [2.24, 2.45) is 0 Å². The van der Waals surface area contributed by atoms with E-state index < -0.39 is 10.0 Å². The molecule has 0 radical (unpaired) electrons. The van der Waals surface area contributed by atoms with Crippen LogP contribution < -0.4 is 4.74 Å². The van der Waals surface area contributed by atoms with Crippen molar-refractivity contribution in [1.82, 2.24) is 9.21 Å². The Bertz CT molecular complexity index is 1050. The highest BCUT2D eigenvalue weighted by Gasteiger charge is 2.22. The van der Waals surface area contributed by atoms with Crippen LogP contribution in [0.15, 0.2) is 47.4 Å². The number of sulfonamides is 1. The van der Waals surface area contributed by atoms with Crippen molar-refractivity contribution in [2.45, 2.75) is 18.4 Å². The van der Waals surface area contributed by atoms with Crippen LogP contribution in [0.25, 0.3) is 6.08 Å². The second-order valence-electron chi connectivity index (χ2n) is 6.63. The molecular formula is C21H24Cl2N2O4S. The maximum atomic E-state index is 12.6. The lowest BCUT2D eigenvalue weighted by Gasteiger charge is -2.19. The van der Waals surface area contributed by atoms with Crippen molar-refractivity contribution in [1.29, 1.82) is 0 Å². The zero-order chi connectivity index (χ0) is 22.5. The third kappa shape index (κ3) is 5.76. The molecular weight excluding hydrogens is 447 g/mol. The van der Waals surface area contributed by atoms with Crippen LogP contribution in [0, 0.1) is 0 Å². The van der Waals surface area contributed by atoms with E-state index in [2.05, 4.69) is 0 Å². The molecule has 0 saturated heterocycles. The van der Waals surface area contributed by atoms with Gasteiger partial charge in [0.25, 0.3) is 0 Å². The van der Waals surface area contributed by atoms with E-state index in [0.29, 0.717) is 28.7 Å². The number of halogens is 2. The number of hydrogen-bond donors (Lipinski definition) is 0. The quantitative estimate of drug-likeness (QED) is 0.538. The Kier molecular flexibility index (Phi) is 8.32. The van der Waals surface area contributed by atoms with Gasteiger partial charge >= 0.3 is 0 Å². The topological polar surface area (TPSA) is 66.9 Å². The standard InChI is InChI=1S/C21H24Cl2N2O4S/c1-5-25(14-16-6-9-17(22)18(23)12-16)21(26)11-8-15-7-10-19(29-4)20(13-15)30(27,28)24(2)3/h6-13H,5,14H2,1-4H3. The van der Waals surface area contributed by atoms with E-state index in [1.54, 1.807) is 35.2 Å². The highest BCUT2D eigenvalue weighted by Crippen LogP contribution is 2.27. The minimum atomic E-state index is -3.69. The lowest BCUT2D eigenvalue weighted by Crippen LogP contribution is -2.28. The lowest BCUT2D eigenvalue weighted by atomic mass is 10.2. The number of methoxy groups -OCH3 is 1. The Balaban J connectivity index is 2.24. The summed E-state index contributed by atoms with van der Waals surface area (Å²) in [6, 6.07) is 9.96. The molecule has 162 valence electrons. The number of carbonyl (C=O) groups excluding carboxylic acids is 1. The summed E-state index contributed by atoms with van der Waals surface area (Å²) in [7, 11) is 0.608. The van der Waals surface area contributed by atoms with Crippen molar-refractivity contribution in [3.63, 3.8) is 0 Å². The summed E-state index contributed by atoms with van der Waals surface area (Å²) >= 11 is 12.0. The molecule has 2 rings (SSSR count). The number of hydrogen-bond acceptors (Lipinski definition) is 4. The number of rotatable bonds is 8. The second kappa shape index (κ2) is 10.3. The van der Waals surface area contributed by atoms with E-state index >= 15 is 0 Å². The molecule has 0 heterocycles. The van der Waals surface area contributed by atoms with Crippen LogP contribution >= 0.6 is 23.2 Å². The number of ether oxygens (including phenoxy) is 1. The van der Waals surface area contributed by atoms with E-state index in [4.69, 9.17) is 27.9 Å². The predicted molar refractivity (Wildman–Crippen MR) is 120 cm³/mol. The summed E-state index contributed by atoms with van der Waals surface area (Å²) in [5.41, 5.74) is 1.42. The SMILES string of the molecule is CCN(Cc1ccc(Cl)c(Cl)c1)C(=O)C=Cc1ccc(OC)c(S(=O)(=O)N(C)C)c1. The summed E-state index contributed by atoms with van der Waals surface area (Å²) in [6.45, 7) is 2.74. The van der Waals surface area contributed by atoms with E-state index in [1.807, 2.05) is 13.0 Å². The van der Waals surface area contributed by atoms with Crippen LogP contribution in [0.1, 0.15) is 18.1 Å². The normalized spacial score (nSPS) is 11.8. The second-order valence-corrected chi connectivity index (χ2v) is 9.57. The number of amides is 1. The molecule has 0 saturated carbocycles. The van der Waals surface area contributed by atoms with Crippen LogP contribution in [0.5, 0.6) is 5.75 Å². The first-order valence-electron chi connectivity index (χ1n) is 9.11. The van der Waals surface area contributed by atoms with Gasteiger partial charge in [-0.1, -0.05) is 35.3 Å². The van der Waals surface area contributed by atoms with Gasteiger partial charge in [-0.25, -0.2) is 12.7 Å². The van der Waals surface area contributed by atoms with E-state index in [0.717, 1.165) is 9.87 Å². The number of carbonyl (C=O) groups is 1. The van der Waals surface area contributed by atoms with Crippen LogP contribution in [0.4, 0.5) is 0 Å². The number of nitrogens with zero attached hydrogens (tertiary/aromatic N) is 2. The molecule has 0 aliphatic heterocycles. The Labute approximate surface area is 187 Å². The molecule has 9 heteroatoms. The molecule has 0 aliphatic rings. The Morgan fingerprint density at radius 2 is 1.80 bits per heavy atom. The van der Waals surface area contributed by atoms with Gasteiger partial charge in [-0.15, -0.1) is 0 Å². The molecule has 0 atom stereocenters. The zero-order valence-corrected chi connectivity index (χ0v) is 19.6. The van der Waals surface area contributed by atoms with E-state index in [9.17, 15) is 13.2 Å². The van der Waals surface area contributed by atoms with E-state index in [1.165, 1.54) is 33.3 Å². The average molecular weight is 471 g/mol. The van der Waals surface area contributed by atoms with Gasteiger partial charge in [-0.2, -0.15) is 0 Å². The van der Waals surface area contributed by atoms with Crippen LogP contribution in [0.3, 0.4) is 0 Å². The van der Waals surface area contributed by atoms with Crippen molar-refractivity contribution in [3.8, 4) is 5.75 Å². The fraction of sp³-hybridized carbons (Fsp3) is 0.286. The average Bonchev–Trinajstić information content (AvgIpc) is 2.72.